The number of anilines is 2. The van der Waals surface area contributed by atoms with Gasteiger partial charge in [-0.1, -0.05) is 30.3 Å². The molecule has 1 aromatic heterocycles. The van der Waals surface area contributed by atoms with Crippen LogP contribution in [-0.4, -0.2) is 29.0 Å². The van der Waals surface area contributed by atoms with Crippen LogP contribution in [-0.2, 0) is 4.79 Å². The SMILES string of the molecule is O=C(Nc1ccccc1)[C@@H]1CCCN(c2ncc(-c3ccc(F)cc3)cn2)C1. The van der Waals surface area contributed by atoms with Crippen molar-refractivity contribution >= 4 is 17.5 Å². The Morgan fingerprint density at radius 2 is 1.71 bits per heavy atom. The maximum absolute atomic E-state index is 13.1. The van der Waals surface area contributed by atoms with Gasteiger partial charge in [0.15, 0.2) is 0 Å². The molecule has 1 fully saturated rings. The number of amides is 1. The van der Waals surface area contributed by atoms with Crippen molar-refractivity contribution in [3.63, 3.8) is 0 Å². The molecule has 1 atom stereocenters. The number of aromatic nitrogens is 2. The molecule has 1 saturated heterocycles. The van der Waals surface area contributed by atoms with Crippen LogP contribution in [0.2, 0.25) is 0 Å². The van der Waals surface area contributed by atoms with Crippen molar-refractivity contribution in [1.82, 2.24) is 9.97 Å². The Morgan fingerprint density at radius 1 is 1.00 bits per heavy atom. The summed E-state index contributed by atoms with van der Waals surface area (Å²) in [4.78, 5) is 23.6. The van der Waals surface area contributed by atoms with Gasteiger partial charge in [-0.05, 0) is 42.7 Å². The Morgan fingerprint density at radius 3 is 2.43 bits per heavy atom. The van der Waals surface area contributed by atoms with Crippen LogP contribution in [0.15, 0.2) is 67.0 Å². The Kier molecular flexibility index (Phi) is 5.28. The molecule has 1 aliphatic heterocycles. The average molecular weight is 376 g/mol. The Labute approximate surface area is 163 Å². The van der Waals surface area contributed by atoms with Crippen molar-refractivity contribution in [1.29, 1.82) is 0 Å². The first-order valence-electron chi connectivity index (χ1n) is 9.38. The van der Waals surface area contributed by atoms with Gasteiger partial charge in [0, 0.05) is 36.7 Å². The second-order valence-electron chi connectivity index (χ2n) is 6.92. The highest BCUT2D eigenvalue weighted by Crippen LogP contribution is 2.24. The highest BCUT2D eigenvalue weighted by molar-refractivity contribution is 5.93. The minimum atomic E-state index is -0.269. The lowest BCUT2D eigenvalue weighted by Gasteiger charge is -2.32. The quantitative estimate of drug-likeness (QED) is 0.744. The van der Waals surface area contributed by atoms with Crippen LogP contribution in [0.5, 0.6) is 0 Å². The van der Waals surface area contributed by atoms with Crippen molar-refractivity contribution in [2.45, 2.75) is 12.8 Å². The zero-order valence-electron chi connectivity index (χ0n) is 15.4. The molecule has 0 spiro atoms. The molecule has 5 nitrogen and oxygen atoms in total. The average Bonchev–Trinajstić information content (AvgIpc) is 2.75. The maximum atomic E-state index is 13.1. The van der Waals surface area contributed by atoms with E-state index in [-0.39, 0.29) is 17.6 Å². The Bertz CT molecular complexity index is 929. The summed E-state index contributed by atoms with van der Waals surface area (Å²) in [5.41, 5.74) is 2.51. The summed E-state index contributed by atoms with van der Waals surface area (Å²) in [5.74, 6) is 0.269. The van der Waals surface area contributed by atoms with E-state index in [0.29, 0.717) is 12.5 Å². The van der Waals surface area contributed by atoms with Crippen molar-refractivity contribution < 1.29 is 9.18 Å². The van der Waals surface area contributed by atoms with E-state index < -0.39 is 0 Å². The van der Waals surface area contributed by atoms with Gasteiger partial charge in [0.05, 0.1) is 5.92 Å². The predicted molar refractivity (Wildman–Crippen MR) is 107 cm³/mol. The predicted octanol–water partition coefficient (Wildman–Crippen LogP) is 4.14. The first kappa shape index (κ1) is 18.1. The summed E-state index contributed by atoms with van der Waals surface area (Å²) in [5, 5.41) is 2.98. The number of nitrogens with one attached hydrogen (secondary N) is 1. The van der Waals surface area contributed by atoms with E-state index in [1.807, 2.05) is 35.2 Å². The number of halogens is 1. The van der Waals surface area contributed by atoms with E-state index in [1.165, 1.54) is 12.1 Å². The van der Waals surface area contributed by atoms with Gasteiger partial charge in [0.25, 0.3) is 0 Å². The number of piperidine rings is 1. The van der Waals surface area contributed by atoms with Crippen molar-refractivity contribution in [3.05, 3.63) is 72.8 Å². The number of hydrogen-bond donors (Lipinski definition) is 1. The summed E-state index contributed by atoms with van der Waals surface area (Å²) >= 11 is 0. The van der Waals surface area contributed by atoms with E-state index in [4.69, 9.17) is 0 Å². The molecule has 1 amide bonds. The van der Waals surface area contributed by atoms with Crippen LogP contribution in [0.4, 0.5) is 16.0 Å². The van der Waals surface area contributed by atoms with Crippen molar-refractivity contribution in [2.24, 2.45) is 5.92 Å². The van der Waals surface area contributed by atoms with Gasteiger partial charge in [0.1, 0.15) is 5.82 Å². The van der Waals surface area contributed by atoms with E-state index in [2.05, 4.69) is 15.3 Å². The fourth-order valence-corrected chi connectivity index (χ4v) is 3.41. The van der Waals surface area contributed by atoms with Crippen LogP contribution >= 0.6 is 0 Å². The Hall–Kier alpha value is -3.28. The normalized spacial score (nSPS) is 16.6. The maximum Gasteiger partial charge on any atom is 0.229 e. The molecule has 6 heteroatoms. The van der Waals surface area contributed by atoms with E-state index in [1.54, 1.807) is 24.5 Å². The first-order chi connectivity index (χ1) is 13.7. The molecule has 4 rings (SSSR count). The van der Waals surface area contributed by atoms with Crippen molar-refractivity contribution in [3.8, 4) is 11.1 Å². The smallest absolute Gasteiger partial charge is 0.229 e. The summed E-state index contributed by atoms with van der Waals surface area (Å²) in [6.07, 6.45) is 5.24. The lowest BCUT2D eigenvalue weighted by Crippen LogP contribution is -2.41. The standard InChI is InChI=1S/C22H21FN4O/c23-19-10-8-16(9-11-19)18-13-24-22(25-14-18)27-12-4-5-17(15-27)21(28)26-20-6-2-1-3-7-20/h1-3,6-11,13-14,17H,4-5,12,15H2,(H,26,28)/t17-/m1/s1. The summed E-state index contributed by atoms with van der Waals surface area (Å²) in [6.45, 7) is 1.42. The number of carbonyl (C=O) groups is 1. The minimum absolute atomic E-state index is 0.0267. The van der Waals surface area contributed by atoms with E-state index in [0.717, 1.165) is 36.2 Å². The molecule has 1 N–H and O–H groups in total. The second-order valence-corrected chi connectivity index (χ2v) is 6.92. The molecule has 0 saturated carbocycles. The third-order valence-electron chi connectivity index (χ3n) is 4.93. The summed E-state index contributed by atoms with van der Waals surface area (Å²) < 4.78 is 13.1. The highest BCUT2D eigenvalue weighted by atomic mass is 19.1. The number of benzene rings is 2. The van der Waals surface area contributed by atoms with Gasteiger partial charge in [-0.2, -0.15) is 0 Å². The zero-order chi connectivity index (χ0) is 19.3. The summed E-state index contributed by atoms with van der Waals surface area (Å²) in [6, 6.07) is 15.7. The Balaban J connectivity index is 1.42. The second kappa shape index (κ2) is 8.17. The van der Waals surface area contributed by atoms with Gasteiger partial charge in [-0.3, -0.25) is 4.79 Å². The summed E-state index contributed by atoms with van der Waals surface area (Å²) in [7, 11) is 0. The minimum Gasteiger partial charge on any atom is -0.340 e. The monoisotopic (exact) mass is 376 g/mol. The lowest BCUT2D eigenvalue weighted by atomic mass is 9.97. The van der Waals surface area contributed by atoms with Crippen molar-refractivity contribution in [2.75, 3.05) is 23.3 Å². The molecule has 0 aliphatic carbocycles. The first-order valence-corrected chi connectivity index (χ1v) is 9.38. The van der Waals surface area contributed by atoms with Gasteiger partial charge in [0.2, 0.25) is 11.9 Å². The molecule has 28 heavy (non-hydrogen) atoms. The molecule has 3 aromatic rings. The van der Waals surface area contributed by atoms with Crippen LogP contribution in [0.1, 0.15) is 12.8 Å². The molecule has 2 heterocycles. The fraction of sp³-hybridized carbons (Fsp3) is 0.227. The van der Waals surface area contributed by atoms with Crippen LogP contribution in [0.3, 0.4) is 0 Å². The number of nitrogens with zero attached hydrogens (tertiary/aromatic N) is 3. The molecule has 0 bridgehead atoms. The van der Waals surface area contributed by atoms with Crippen LogP contribution in [0.25, 0.3) is 11.1 Å². The third-order valence-corrected chi connectivity index (χ3v) is 4.93. The van der Waals surface area contributed by atoms with Gasteiger partial charge in [-0.25, -0.2) is 14.4 Å². The third kappa shape index (κ3) is 4.17. The molecule has 142 valence electrons. The lowest BCUT2D eigenvalue weighted by molar-refractivity contribution is -0.120. The van der Waals surface area contributed by atoms with E-state index in [9.17, 15) is 9.18 Å². The van der Waals surface area contributed by atoms with Gasteiger partial charge in [-0.15, -0.1) is 0 Å². The van der Waals surface area contributed by atoms with Crippen LogP contribution < -0.4 is 10.2 Å². The fourth-order valence-electron chi connectivity index (χ4n) is 3.41. The number of hydrogen-bond acceptors (Lipinski definition) is 4. The largest absolute Gasteiger partial charge is 0.340 e. The zero-order valence-corrected chi connectivity index (χ0v) is 15.4. The van der Waals surface area contributed by atoms with Crippen LogP contribution in [0, 0.1) is 11.7 Å². The molecule has 0 radical (unpaired) electrons. The number of para-hydroxylation sites is 1. The molecular weight excluding hydrogens is 355 g/mol. The number of rotatable bonds is 4. The molecular formula is C22H21FN4O. The number of carbonyl (C=O) groups excluding carboxylic acids is 1. The van der Waals surface area contributed by atoms with E-state index >= 15 is 0 Å². The topological polar surface area (TPSA) is 58.1 Å². The van der Waals surface area contributed by atoms with Gasteiger partial charge < -0.3 is 10.2 Å². The molecule has 0 unspecified atom stereocenters. The van der Waals surface area contributed by atoms with Gasteiger partial charge >= 0.3 is 0 Å². The molecule has 1 aliphatic rings. The highest BCUT2D eigenvalue weighted by Gasteiger charge is 2.27. The molecule has 2 aromatic carbocycles.